The highest BCUT2D eigenvalue weighted by Crippen LogP contribution is 1.88. The van der Waals surface area contributed by atoms with Gasteiger partial charge in [-0.3, -0.25) is 10.0 Å². The van der Waals surface area contributed by atoms with Gasteiger partial charge in [0.15, 0.2) is 0 Å². The maximum atomic E-state index is 10.2. The van der Waals surface area contributed by atoms with E-state index in [2.05, 4.69) is 40.4 Å². The van der Waals surface area contributed by atoms with Crippen molar-refractivity contribution in [3.8, 4) is 0 Å². The second-order valence-electron chi connectivity index (χ2n) is 2.73. The van der Waals surface area contributed by atoms with E-state index >= 15 is 0 Å². The van der Waals surface area contributed by atoms with Gasteiger partial charge in [0.2, 0.25) is 0 Å². The third kappa shape index (κ3) is 11.4. The number of methoxy groups -OCH3 is 1. The van der Waals surface area contributed by atoms with Crippen molar-refractivity contribution in [1.29, 1.82) is 0 Å². The molecule has 0 rings (SSSR count). The van der Waals surface area contributed by atoms with Crippen LogP contribution in [0.4, 0.5) is 4.79 Å². The topological polar surface area (TPSA) is 111 Å². The number of nitrogens with two attached hydrogens (primary N) is 1. The van der Waals surface area contributed by atoms with E-state index in [0.29, 0.717) is 0 Å². The summed E-state index contributed by atoms with van der Waals surface area (Å²) in [6.45, 7) is 10.1. The number of nitrogens with one attached hydrogen (secondary N) is 1. The van der Waals surface area contributed by atoms with Crippen LogP contribution in [0.25, 0.3) is 0 Å². The standard InChI is InChI=1S/C6H15N.C2H6N2O5S/c1-4-7(5-2)6-3;1-8-2(5)9-10(6,7)4-3/h4-6H2,1-3H3;4H,3H2,1H3. The first kappa shape index (κ1) is 18.5. The first-order chi connectivity index (χ1) is 7.86. The van der Waals surface area contributed by atoms with Crippen molar-refractivity contribution in [2.75, 3.05) is 26.7 Å². The summed E-state index contributed by atoms with van der Waals surface area (Å²) < 4.78 is 27.9. The lowest BCUT2D eigenvalue weighted by Crippen LogP contribution is -2.33. The third-order valence-corrected chi connectivity index (χ3v) is 2.47. The van der Waals surface area contributed by atoms with Crippen LogP contribution in [0.2, 0.25) is 0 Å². The largest absolute Gasteiger partial charge is 0.524 e. The van der Waals surface area contributed by atoms with Gasteiger partial charge in [-0.15, -0.1) is 4.83 Å². The van der Waals surface area contributed by atoms with Crippen LogP contribution in [-0.4, -0.2) is 46.2 Å². The van der Waals surface area contributed by atoms with Crippen molar-refractivity contribution in [2.24, 2.45) is 5.84 Å². The smallest absolute Gasteiger partial charge is 0.437 e. The molecule has 104 valence electrons. The number of rotatable bonds is 5. The first-order valence-electron chi connectivity index (χ1n) is 5.08. The van der Waals surface area contributed by atoms with Gasteiger partial charge < -0.3 is 9.64 Å². The van der Waals surface area contributed by atoms with Gasteiger partial charge in [-0.25, -0.2) is 4.79 Å². The molecule has 0 atom stereocenters. The molecule has 0 aliphatic heterocycles. The lowest BCUT2D eigenvalue weighted by atomic mass is 10.5. The molecule has 8 nitrogen and oxygen atoms in total. The van der Waals surface area contributed by atoms with E-state index in [1.54, 1.807) is 0 Å². The van der Waals surface area contributed by atoms with E-state index in [9.17, 15) is 13.2 Å². The fourth-order valence-corrected chi connectivity index (χ4v) is 1.11. The van der Waals surface area contributed by atoms with Crippen LogP contribution in [0.15, 0.2) is 0 Å². The van der Waals surface area contributed by atoms with Gasteiger partial charge in [-0.1, -0.05) is 20.8 Å². The zero-order valence-electron chi connectivity index (χ0n) is 10.6. The van der Waals surface area contributed by atoms with Crippen LogP contribution in [0.5, 0.6) is 0 Å². The molecule has 3 N–H and O–H groups in total. The molecule has 0 heterocycles. The Balaban J connectivity index is 0. The van der Waals surface area contributed by atoms with Gasteiger partial charge in [0.05, 0.1) is 7.11 Å². The lowest BCUT2D eigenvalue weighted by Gasteiger charge is -2.13. The minimum absolute atomic E-state index is 0.967. The molecule has 0 aromatic heterocycles. The summed E-state index contributed by atoms with van der Waals surface area (Å²) in [5.41, 5.74) is 0. The Morgan fingerprint density at radius 3 is 1.82 bits per heavy atom. The molecule has 0 aliphatic carbocycles. The van der Waals surface area contributed by atoms with Crippen molar-refractivity contribution in [3.63, 3.8) is 0 Å². The highest BCUT2D eigenvalue weighted by Gasteiger charge is 2.14. The Labute approximate surface area is 102 Å². The molecule has 9 heteroatoms. The summed E-state index contributed by atoms with van der Waals surface area (Å²) >= 11 is 0. The van der Waals surface area contributed by atoms with Gasteiger partial charge in [0.1, 0.15) is 0 Å². The molecule has 0 bridgehead atoms. The van der Waals surface area contributed by atoms with Crippen molar-refractivity contribution in [1.82, 2.24) is 9.73 Å². The maximum absolute atomic E-state index is 10.2. The van der Waals surface area contributed by atoms with Crippen molar-refractivity contribution >= 4 is 16.5 Å². The van der Waals surface area contributed by atoms with Crippen molar-refractivity contribution in [2.45, 2.75) is 20.8 Å². The Bertz CT molecular complexity index is 284. The Hall–Kier alpha value is -0.900. The molecule has 0 aromatic rings. The summed E-state index contributed by atoms with van der Waals surface area (Å²) in [6, 6.07) is 0. The molecule has 0 amide bonds. The Kier molecular flexibility index (Phi) is 11.2. The lowest BCUT2D eigenvalue weighted by molar-refractivity contribution is 0.123. The number of hydrazine groups is 1. The molecular weight excluding hydrogens is 250 g/mol. The van der Waals surface area contributed by atoms with Crippen LogP contribution >= 0.6 is 0 Å². The minimum atomic E-state index is -4.18. The zero-order chi connectivity index (χ0) is 13.9. The van der Waals surface area contributed by atoms with Gasteiger partial charge >= 0.3 is 16.5 Å². The van der Waals surface area contributed by atoms with Crippen molar-refractivity contribution in [3.05, 3.63) is 0 Å². The average molecular weight is 271 g/mol. The summed E-state index contributed by atoms with van der Waals surface area (Å²) in [5, 5.41) is 0. The fraction of sp³-hybridized carbons (Fsp3) is 0.875. The molecule has 0 spiro atoms. The summed E-state index contributed by atoms with van der Waals surface area (Å²) in [5.74, 6) is 4.44. The minimum Gasteiger partial charge on any atom is -0.437 e. The van der Waals surface area contributed by atoms with Crippen LogP contribution in [0.1, 0.15) is 20.8 Å². The second-order valence-corrected chi connectivity index (χ2v) is 4.04. The molecule has 0 saturated carbocycles. The van der Waals surface area contributed by atoms with E-state index in [1.807, 2.05) is 0 Å². The van der Waals surface area contributed by atoms with Crippen LogP contribution in [0, 0.1) is 0 Å². The van der Waals surface area contributed by atoms with Gasteiger partial charge in [0, 0.05) is 0 Å². The molecule has 0 fully saturated rings. The van der Waals surface area contributed by atoms with E-state index in [0.717, 1.165) is 7.11 Å². The van der Waals surface area contributed by atoms with Gasteiger partial charge in [-0.2, -0.15) is 8.42 Å². The maximum Gasteiger partial charge on any atom is 0.524 e. The normalized spacial score (nSPS) is 10.5. The zero-order valence-corrected chi connectivity index (χ0v) is 11.4. The molecule has 0 aromatic carbocycles. The number of nitrogens with zero attached hydrogens (tertiary/aromatic N) is 1. The van der Waals surface area contributed by atoms with Gasteiger partial charge in [0.25, 0.3) is 0 Å². The van der Waals surface area contributed by atoms with Crippen LogP contribution in [0.3, 0.4) is 0 Å². The van der Waals surface area contributed by atoms with E-state index in [-0.39, 0.29) is 0 Å². The second kappa shape index (κ2) is 10.3. The van der Waals surface area contributed by atoms with E-state index < -0.39 is 16.5 Å². The number of hydrogen-bond acceptors (Lipinski definition) is 7. The van der Waals surface area contributed by atoms with Crippen LogP contribution in [-0.2, 0) is 19.2 Å². The van der Waals surface area contributed by atoms with E-state index in [1.165, 1.54) is 24.5 Å². The third-order valence-electron chi connectivity index (χ3n) is 1.83. The predicted molar refractivity (Wildman–Crippen MR) is 63.2 cm³/mol. The summed E-state index contributed by atoms with van der Waals surface area (Å²) in [7, 11) is -3.21. The number of ether oxygens (including phenoxy) is 1. The van der Waals surface area contributed by atoms with E-state index in [4.69, 9.17) is 0 Å². The number of carbonyl (C=O) groups excluding carboxylic acids is 1. The predicted octanol–water partition coefficient (Wildman–Crippen LogP) is -0.174. The summed E-state index contributed by atoms with van der Waals surface area (Å²) in [6.07, 6.45) is -1.35. The van der Waals surface area contributed by atoms with Crippen LogP contribution < -0.4 is 10.7 Å². The molecule has 17 heavy (non-hydrogen) atoms. The Morgan fingerprint density at radius 1 is 1.24 bits per heavy atom. The molecule has 0 saturated heterocycles. The molecule has 0 aliphatic rings. The SMILES string of the molecule is CCN(CC)CC.COC(=O)OS(=O)(=O)NN. The van der Waals surface area contributed by atoms with Crippen molar-refractivity contribution < 1.29 is 22.1 Å². The molecular formula is C8H21N3O5S. The Morgan fingerprint density at radius 2 is 1.65 bits per heavy atom. The number of carbonyl (C=O) groups is 1. The highest BCUT2D eigenvalue weighted by molar-refractivity contribution is 7.85. The highest BCUT2D eigenvalue weighted by atomic mass is 32.2. The number of hydrogen-bond donors (Lipinski definition) is 2. The fourth-order valence-electron chi connectivity index (χ4n) is 0.818. The molecule has 0 unspecified atom stereocenters. The first-order valence-corrected chi connectivity index (χ1v) is 6.49. The quantitative estimate of drug-likeness (QED) is 0.405. The summed E-state index contributed by atoms with van der Waals surface area (Å²) in [4.78, 5) is 13.7. The van der Waals surface area contributed by atoms with Gasteiger partial charge in [-0.05, 0) is 19.6 Å². The molecule has 0 radical (unpaired) electrons. The average Bonchev–Trinajstić information content (AvgIpc) is 2.31. The monoisotopic (exact) mass is 271 g/mol.